The van der Waals surface area contributed by atoms with Gasteiger partial charge in [-0.15, -0.1) is 11.3 Å². The highest BCUT2D eigenvalue weighted by Gasteiger charge is 2.15. The fraction of sp³-hybridized carbons (Fsp3) is 0.250. The summed E-state index contributed by atoms with van der Waals surface area (Å²) in [6.07, 6.45) is 1.73. The third kappa shape index (κ3) is 3.08. The maximum absolute atomic E-state index is 11.5. The molecule has 72 valence electrons. The Balaban J connectivity index is 2.72. The molecule has 0 fully saturated rings. The molecule has 1 heterocycles. The van der Waals surface area contributed by atoms with E-state index in [1.165, 1.54) is 20.0 Å². The van der Waals surface area contributed by atoms with Gasteiger partial charge >= 0.3 is 7.60 Å². The normalized spacial score (nSPS) is 12.5. The molecule has 0 aliphatic rings. The van der Waals surface area contributed by atoms with E-state index in [9.17, 15) is 4.57 Å². The zero-order valence-corrected chi connectivity index (χ0v) is 9.18. The highest BCUT2D eigenvalue weighted by atomic mass is 32.1. The van der Waals surface area contributed by atoms with Gasteiger partial charge in [-0.25, -0.2) is 0 Å². The lowest BCUT2D eigenvalue weighted by Gasteiger charge is -2.07. The molecule has 5 heteroatoms. The second kappa shape index (κ2) is 4.72. The van der Waals surface area contributed by atoms with Crippen LogP contribution in [-0.4, -0.2) is 14.2 Å². The van der Waals surface area contributed by atoms with Crippen molar-refractivity contribution >= 4 is 25.0 Å². The lowest BCUT2D eigenvalue weighted by Crippen LogP contribution is -1.82. The van der Waals surface area contributed by atoms with Gasteiger partial charge in [0.25, 0.3) is 0 Å². The van der Waals surface area contributed by atoms with E-state index in [1.807, 2.05) is 17.5 Å². The van der Waals surface area contributed by atoms with Crippen molar-refractivity contribution in [3.8, 4) is 0 Å². The molecule has 0 radical (unpaired) electrons. The molecule has 1 aromatic rings. The van der Waals surface area contributed by atoms with Crippen LogP contribution in [0, 0.1) is 0 Å². The van der Waals surface area contributed by atoms with Gasteiger partial charge in [0.15, 0.2) is 0 Å². The van der Waals surface area contributed by atoms with E-state index in [2.05, 4.69) is 0 Å². The first kappa shape index (κ1) is 10.7. The monoisotopic (exact) mass is 218 g/mol. The van der Waals surface area contributed by atoms with Gasteiger partial charge in [0, 0.05) is 24.9 Å². The van der Waals surface area contributed by atoms with E-state index >= 15 is 0 Å². The van der Waals surface area contributed by atoms with Crippen molar-refractivity contribution in [1.29, 1.82) is 0 Å². The molecule has 0 aliphatic heterocycles. The van der Waals surface area contributed by atoms with Crippen molar-refractivity contribution in [2.45, 2.75) is 0 Å². The van der Waals surface area contributed by atoms with Crippen LogP contribution in [0.2, 0.25) is 0 Å². The molecule has 0 spiro atoms. The van der Waals surface area contributed by atoms with E-state index in [0.717, 1.165) is 4.88 Å². The Morgan fingerprint density at radius 2 is 2.15 bits per heavy atom. The Bertz CT molecular complexity index is 310. The molecule has 0 N–H and O–H groups in total. The average Bonchev–Trinajstić information content (AvgIpc) is 2.67. The van der Waals surface area contributed by atoms with Crippen LogP contribution in [0.5, 0.6) is 0 Å². The van der Waals surface area contributed by atoms with Gasteiger partial charge < -0.3 is 9.05 Å². The van der Waals surface area contributed by atoms with Crippen molar-refractivity contribution in [3.05, 3.63) is 28.2 Å². The summed E-state index contributed by atoms with van der Waals surface area (Å²) in [5.74, 6) is 1.46. The summed E-state index contributed by atoms with van der Waals surface area (Å²) in [6.45, 7) is 0. The minimum atomic E-state index is -3.00. The van der Waals surface area contributed by atoms with E-state index in [4.69, 9.17) is 9.05 Å². The second-order valence-corrected chi connectivity index (χ2v) is 5.32. The molecular weight excluding hydrogens is 207 g/mol. The van der Waals surface area contributed by atoms with Crippen LogP contribution in [0.15, 0.2) is 23.3 Å². The fourth-order valence-electron chi connectivity index (χ4n) is 0.747. The first-order chi connectivity index (χ1) is 6.20. The summed E-state index contributed by atoms with van der Waals surface area (Å²) >= 11 is 1.57. The van der Waals surface area contributed by atoms with Crippen molar-refractivity contribution in [1.82, 2.24) is 0 Å². The minimum Gasteiger partial charge on any atom is -0.309 e. The fourth-order valence-corrected chi connectivity index (χ4v) is 2.20. The quantitative estimate of drug-likeness (QED) is 0.728. The first-order valence-electron chi connectivity index (χ1n) is 3.64. The van der Waals surface area contributed by atoms with Gasteiger partial charge in [-0.2, -0.15) is 0 Å². The molecule has 0 aliphatic carbocycles. The SMILES string of the molecule is COP(=O)(/C=C/c1cccs1)OC. The molecule has 1 aromatic heterocycles. The van der Waals surface area contributed by atoms with E-state index in [0.29, 0.717) is 0 Å². The van der Waals surface area contributed by atoms with Crippen molar-refractivity contribution in [3.63, 3.8) is 0 Å². The largest absolute Gasteiger partial charge is 0.353 e. The molecule has 1 rings (SSSR count). The molecular formula is C8H11O3PS. The van der Waals surface area contributed by atoms with Gasteiger partial charge in [0.05, 0.1) is 0 Å². The topological polar surface area (TPSA) is 35.5 Å². The summed E-state index contributed by atoms with van der Waals surface area (Å²) in [6, 6.07) is 3.85. The molecule has 0 unspecified atom stereocenters. The molecule has 0 amide bonds. The first-order valence-corrected chi connectivity index (χ1v) is 6.13. The molecule has 0 bridgehead atoms. The number of rotatable bonds is 4. The Morgan fingerprint density at radius 1 is 1.46 bits per heavy atom. The standard InChI is InChI=1S/C8H11O3PS/c1-10-12(9,11-2)6-5-8-4-3-7-13-8/h3-7H,1-2H3/b6-5+. The van der Waals surface area contributed by atoms with Crippen LogP contribution >= 0.6 is 18.9 Å². The Morgan fingerprint density at radius 3 is 2.62 bits per heavy atom. The van der Waals surface area contributed by atoms with Gasteiger partial charge in [0.2, 0.25) is 0 Å². The molecule has 3 nitrogen and oxygen atoms in total. The lowest BCUT2D eigenvalue weighted by atomic mass is 10.5. The Hall–Kier alpha value is -0.410. The van der Waals surface area contributed by atoms with Gasteiger partial charge in [0.1, 0.15) is 0 Å². The summed E-state index contributed by atoms with van der Waals surface area (Å²) in [5, 5.41) is 1.95. The van der Waals surface area contributed by atoms with Crippen LogP contribution in [0.3, 0.4) is 0 Å². The number of hydrogen-bond donors (Lipinski definition) is 0. The summed E-state index contributed by atoms with van der Waals surface area (Å²) in [7, 11) is -0.268. The molecule has 0 aromatic carbocycles. The number of hydrogen-bond acceptors (Lipinski definition) is 4. The van der Waals surface area contributed by atoms with Crippen LogP contribution in [0.25, 0.3) is 6.08 Å². The highest BCUT2D eigenvalue weighted by Crippen LogP contribution is 2.48. The molecule has 0 saturated heterocycles. The molecule has 0 saturated carbocycles. The zero-order valence-electron chi connectivity index (χ0n) is 7.47. The minimum absolute atomic E-state index is 1.02. The maximum atomic E-state index is 11.5. The predicted octanol–water partition coefficient (Wildman–Crippen LogP) is 3.20. The third-order valence-corrected chi connectivity index (χ3v) is 3.84. The smallest absolute Gasteiger partial charge is 0.309 e. The van der Waals surface area contributed by atoms with Gasteiger partial charge in [-0.1, -0.05) is 6.07 Å². The lowest BCUT2D eigenvalue weighted by molar-refractivity contribution is 0.286. The highest BCUT2D eigenvalue weighted by molar-refractivity contribution is 7.57. The summed E-state index contributed by atoms with van der Waals surface area (Å²) < 4.78 is 21.0. The zero-order chi connectivity index (χ0) is 9.73. The summed E-state index contributed by atoms with van der Waals surface area (Å²) in [5.41, 5.74) is 0. The second-order valence-electron chi connectivity index (χ2n) is 2.24. The van der Waals surface area contributed by atoms with Crippen LogP contribution in [0.4, 0.5) is 0 Å². The number of thiophene rings is 1. The van der Waals surface area contributed by atoms with E-state index < -0.39 is 7.60 Å². The van der Waals surface area contributed by atoms with Gasteiger partial charge in [-0.05, 0) is 17.5 Å². The predicted molar refractivity (Wildman–Crippen MR) is 55.0 cm³/mol. The van der Waals surface area contributed by atoms with Gasteiger partial charge in [-0.3, -0.25) is 4.57 Å². The summed E-state index contributed by atoms with van der Waals surface area (Å²) in [4.78, 5) is 1.02. The van der Waals surface area contributed by atoms with Crippen LogP contribution in [0.1, 0.15) is 4.88 Å². The maximum Gasteiger partial charge on any atom is 0.353 e. The van der Waals surface area contributed by atoms with Crippen LogP contribution < -0.4 is 0 Å². The van der Waals surface area contributed by atoms with E-state index in [-0.39, 0.29) is 0 Å². The van der Waals surface area contributed by atoms with Crippen molar-refractivity contribution in [2.24, 2.45) is 0 Å². The van der Waals surface area contributed by atoms with Crippen molar-refractivity contribution in [2.75, 3.05) is 14.2 Å². The Kier molecular flexibility index (Phi) is 3.88. The van der Waals surface area contributed by atoms with Crippen LogP contribution in [-0.2, 0) is 13.6 Å². The molecule has 13 heavy (non-hydrogen) atoms. The average molecular weight is 218 g/mol. The molecule has 0 atom stereocenters. The van der Waals surface area contributed by atoms with E-state index in [1.54, 1.807) is 17.4 Å². The van der Waals surface area contributed by atoms with Crippen molar-refractivity contribution < 1.29 is 13.6 Å². The third-order valence-electron chi connectivity index (χ3n) is 1.47. The Labute approximate surface area is 81.5 Å².